The summed E-state index contributed by atoms with van der Waals surface area (Å²) < 4.78 is 3.96. The maximum Gasteiger partial charge on any atom is 0.220 e. The number of hydrogen-bond acceptors (Lipinski definition) is 2. The summed E-state index contributed by atoms with van der Waals surface area (Å²) >= 11 is 7.63. The number of benzene rings is 1. The van der Waals surface area contributed by atoms with Crippen LogP contribution in [0.2, 0.25) is 0 Å². The number of nitrogens with zero attached hydrogens (tertiary/aromatic N) is 1. The van der Waals surface area contributed by atoms with Crippen LogP contribution in [-0.4, -0.2) is 21.5 Å². The van der Waals surface area contributed by atoms with Gasteiger partial charge >= 0.3 is 0 Å². The Morgan fingerprint density at radius 1 is 1.50 bits per heavy atom. The van der Waals surface area contributed by atoms with E-state index >= 15 is 0 Å². The number of aromatic amines is 1. The molecule has 18 heavy (non-hydrogen) atoms. The van der Waals surface area contributed by atoms with Crippen molar-refractivity contribution in [2.75, 3.05) is 0 Å². The molecule has 0 saturated carbocycles. The van der Waals surface area contributed by atoms with Gasteiger partial charge in [-0.2, -0.15) is 0 Å². The molecule has 1 aromatic carbocycles. The second kappa shape index (κ2) is 4.65. The number of aromatic nitrogens is 2. The number of H-pyrrole nitrogens is 1. The second-order valence-corrected chi connectivity index (χ2v) is 6.14. The van der Waals surface area contributed by atoms with Crippen molar-refractivity contribution in [1.82, 2.24) is 14.9 Å². The Balaban J connectivity index is 1.98. The molecule has 0 bridgehead atoms. The lowest BCUT2D eigenvalue weighted by atomic mass is 10.2. The van der Waals surface area contributed by atoms with Gasteiger partial charge in [0.25, 0.3) is 0 Å². The third kappa shape index (κ3) is 2.18. The fourth-order valence-electron chi connectivity index (χ4n) is 2.35. The number of hydrogen-bond donors (Lipinski definition) is 2. The first-order chi connectivity index (χ1) is 8.63. The van der Waals surface area contributed by atoms with E-state index in [9.17, 15) is 4.79 Å². The summed E-state index contributed by atoms with van der Waals surface area (Å²) in [6.45, 7) is 0.741. The van der Waals surface area contributed by atoms with Crippen LogP contribution in [0.1, 0.15) is 12.8 Å². The minimum atomic E-state index is 0.140. The summed E-state index contributed by atoms with van der Waals surface area (Å²) in [5, 5.41) is 2.97. The summed E-state index contributed by atoms with van der Waals surface area (Å²) in [5.41, 5.74) is 2.15. The Bertz CT molecular complexity index is 676. The molecule has 0 spiro atoms. The van der Waals surface area contributed by atoms with E-state index in [2.05, 4.69) is 55.7 Å². The maximum absolute atomic E-state index is 11.2. The Labute approximate surface area is 123 Å². The van der Waals surface area contributed by atoms with Gasteiger partial charge in [-0.1, -0.05) is 0 Å². The van der Waals surface area contributed by atoms with Crippen LogP contribution < -0.4 is 5.32 Å². The Morgan fingerprint density at radius 3 is 3.06 bits per heavy atom. The number of amides is 1. The van der Waals surface area contributed by atoms with Gasteiger partial charge in [0.05, 0.1) is 11.0 Å². The predicted octanol–water partition coefficient (Wildman–Crippen LogP) is 2.58. The summed E-state index contributed by atoms with van der Waals surface area (Å²) in [7, 11) is 0. The van der Waals surface area contributed by atoms with E-state index in [4.69, 9.17) is 12.2 Å². The van der Waals surface area contributed by atoms with Crippen molar-refractivity contribution in [3.8, 4) is 0 Å². The van der Waals surface area contributed by atoms with Crippen LogP contribution in [0, 0.1) is 8.34 Å². The predicted molar refractivity (Wildman–Crippen MR) is 81.0 cm³/mol. The zero-order valence-corrected chi connectivity index (χ0v) is 12.5. The highest BCUT2D eigenvalue weighted by Crippen LogP contribution is 2.19. The molecule has 1 unspecified atom stereocenters. The van der Waals surface area contributed by atoms with E-state index in [-0.39, 0.29) is 11.9 Å². The molecule has 4 nitrogen and oxygen atoms in total. The number of imidazole rings is 1. The molecule has 2 heterocycles. The van der Waals surface area contributed by atoms with Crippen molar-refractivity contribution in [3.63, 3.8) is 0 Å². The van der Waals surface area contributed by atoms with E-state index in [1.807, 2.05) is 0 Å². The molecule has 1 fully saturated rings. The highest BCUT2D eigenvalue weighted by molar-refractivity contribution is 14.1. The molecule has 1 saturated heterocycles. The van der Waals surface area contributed by atoms with Crippen molar-refractivity contribution in [1.29, 1.82) is 0 Å². The summed E-state index contributed by atoms with van der Waals surface area (Å²) in [5.74, 6) is 0.140. The van der Waals surface area contributed by atoms with Gasteiger partial charge < -0.3 is 14.9 Å². The molecule has 2 N–H and O–H groups in total. The number of halogens is 1. The number of nitrogens with one attached hydrogen (secondary N) is 2. The minimum Gasteiger partial charge on any atom is -0.352 e. The molecule has 1 atom stereocenters. The van der Waals surface area contributed by atoms with Crippen LogP contribution in [0.3, 0.4) is 0 Å². The molecule has 3 rings (SSSR count). The largest absolute Gasteiger partial charge is 0.352 e. The van der Waals surface area contributed by atoms with Gasteiger partial charge in [-0.3, -0.25) is 4.79 Å². The van der Waals surface area contributed by atoms with Gasteiger partial charge in [0.2, 0.25) is 5.91 Å². The molecule has 2 aromatic rings. The van der Waals surface area contributed by atoms with Gasteiger partial charge in [0.1, 0.15) is 0 Å². The van der Waals surface area contributed by atoms with Gasteiger partial charge in [0.15, 0.2) is 4.77 Å². The topological polar surface area (TPSA) is 49.8 Å². The molecule has 0 radical (unpaired) electrons. The van der Waals surface area contributed by atoms with Crippen LogP contribution in [0.15, 0.2) is 18.2 Å². The third-order valence-electron chi connectivity index (χ3n) is 3.22. The molecule has 1 amide bonds. The SMILES string of the molecule is O=C1CCC(Cn2c(=S)[nH]c3cc(I)ccc32)N1. The fraction of sp³-hybridized carbons (Fsp3) is 0.333. The summed E-state index contributed by atoms with van der Waals surface area (Å²) in [6.07, 6.45) is 1.51. The monoisotopic (exact) mass is 373 g/mol. The Kier molecular flexibility index (Phi) is 3.14. The van der Waals surface area contributed by atoms with Crippen LogP contribution in [-0.2, 0) is 11.3 Å². The molecule has 1 aromatic heterocycles. The van der Waals surface area contributed by atoms with E-state index in [1.54, 1.807) is 0 Å². The van der Waals surface area contributed by atoms with Gasteiger partial charge in [-0.05, 0) is 59.4 Å². The number of carbonyl (C=O) groups is 1. The molecule has 6 heteroatoms. The lowest BCUT2D eigenvalue weighted by Gasteiger charge is -2.11. The van der Waals surface area contributed by atoms with Crippen molar-refractivity contribution in [2.45, 2.75) is 25.4 Å². The molecule has 0 aliphatic carbocycles. The van der Waals surface area contributed by atoms with Crippen molar-refractivity contribution in [3.05, 3.63) is 26.5 Å². The first-order valence-corrected chi connectivity index (χ1v) is 7.29. The average molecular weight is 373 g/mol. The molecule has 94 valence electrons. The highest BCUT2D eigenvalue weighted by atomic mass is 127. The van der Waals surface area contributed by atoms with Crippen LogP contribution >= 0.6 is 34.8 Å². The van der Waals surface area contributed by atoms with Gasteiger partial charge in [0, 0.05) is 22.6 Å². The smallest absolute Gasteiger partial charge is 0.220 e. The van der Waals surface area contributed by atoms with Crippen molar-refractivity contribution in [2.24, 2.45) is 0 Å². The number of rotatable bonds is 2. The van der Waals surface area contributed by atoms with Crippen LogP contribution in [0.25, 0.3) is 11.0 Å². The number of fused-ring (bicyclic) bond motifs is 1. The van der Waals surface area contributed by atoms with Gasteiger partial charge in [-0.25, -0.2) is 0 Å². The van der Waals surface area contributed by atoms with Crippen molar-refractivity contribution >= 4 is 51.7 Å². The average Bonchev–Trinajstić information content (AvgIpc) is 2.84. The molecule has 1 aliphatic heterocycles. The fourth-order valence-corrected chi connectivity index (χ4v) is 3.13. The van der Waals surface area contributed by atoms with Crippen molar-refractivity contribution < 1.29 is 4.79 Å². The summed E-state index contributed by atoms with van der Waals surface area (Å²) in [6, 6.07) is 6.41. The van der Waals surface area contributed by atoms with E-state index in [0.717, 1.165) is 24.0 Å². The van der Waals surface area contributed by atoms with E-state index < -0.39 is 0 Å². The normalized spacial score (nSPS) is 19.4. The van der Waals surface area contributed by atoms with E-state index in [1.165, 1.54) is 3.57 Å². The number of carbonyl (C=O) groups excluding carboxylic acids is 1. The lowest BCUT2D eigenvalue weighted by Crippen LogP contribution is -2.29. The van der Waals surface area contributed by atoms with Crippen LogP contribution in [0.5, 0.6) is 0 Å². The molecular weight excluding hydrogens is 361 g/mol. The lowest BCUT2D eigenvalue weighted by molar-refractivity contribution is -0.119. The summed E-state index contributed by atoms with van der Waals surface area (Å²) in [4.78, 5) is 14.4. The zero-order valence-electron chi connectivity index (χ0n) is 9.57. The highest BCUT2D eigenvalue weighted by Gasteiger charge is 2.21. The molecule has 1 aliphatic rings. The van der Waals surface area contributed by atoms with Gasteiger partial charge in [-0.15, -0.1) is 0 Å². The Morgan fingerprint density at radius 2 is 2.33 bits per heavy atom. The van der Waals surface area contributed by atoms with Crippen LogP contribution in [0.4, 0.5) is 0 Å². The minimum absolute atomic E-state index is 0.140. The molecular formula is C12H12IN3OS. The maximum atomic E-state index is 11.2. The first kappa shape index (κ1) is 12.2. The standard InChI is InChI=1S/C12H12IN3OS/c13-7-1-3-10-9(5-7)15-12(18)16(10)6-8-2-4-11(17)14-8/h1,3,5,8H,2,4,6H2,(H,14,17)(H,15,18). The Hall–Kier alpha value is -0.890. The zero-order chi connectivity index (χ0) is 12.7. The van der Waals surface area contributed by atoms with E-state index in [0.29, 0.717) is 11.2 Å². The quantitative estimate of drug-likeness (QED) is 0.628. The first-order valence-electron chi connectivity index (χ1n) is 5.81. The second-order valence-electron chi connectivity index (χ2n) is 4.51. The third-order valence-corrected chi connectivity index (χ3v) is 4.22.